The van der Waals surface area contributed by atoms with Crippen molar-refractivity contribution < 1.29 is 9.59 Å². The minimum atomic E-state index is -0.258. The first-order valence-corrected chi connectivity index (χ1v) is 9.56. The maximum atomic E-state index is 12.4. The summed E-state index contributed by atoms with van der Waals surface area (Å²) in [5.74, 6) is 0.339. The van der Waals surface area contributed by atoms with Crippen molar-refractivity contribution in [2.45, 2.75) is 27.3 Å². The molecule has 3 heterocycles. The highest BCUT2D eigenvalue weighted by molar-refractivity contribution is 7.14. The lowest BCUT2D eigenvalue weighted by Gasteiger charge is -2.04. The Hall–Kier alpha value is -3.33. The smallest absolute Gasteiger partial charge is 0.247 e. The number of nitrogens with one attached hydrogen (secondary N) is 2. The monoisotopic (exact) mass is 394 g/mol. The van der Waals surface area contributed by atoms with Crippen LogP contribution in [-0.2, 0) is 11.3 Å². The molecule has 3 aromatic heterocycles. The number of hydrogen-bond acceptors (Lipinski definition) is 6. The number of Topliss-reactive ketones (excluding diaryl/α,β-unsaturated/α-hetero) is 1. The first kappa shape index (κ1) is 18.1. The number of imidazole rings is 1. The summed E-state index contributed by atoms with van der Waals surface area (Å²) >= 11 is 1.32. The maximum absolute atomic E-state index is 12.4. The second kappa shape index (κ2) is 7.01. The third-order valence-electron chi connectivity index (χ3n) is 4.41. The molecule has 0 aliphatic carbocycles. The predicted octanol–water partition coefficient (Wildman–Crippen LogP) is 3.34. The fourth-order valence-electron chi connectivity index (χ4n) is 3.17. The van der Waals surface area contributed by atoms with Crippen LogP contribution < -0.4 is 5.32 Å². The lowest BCUT2D eigenvalue weighted by molar-refractivity contribution is -0.116. The number of carbonyl (C=O) groups excluding carboxylic acids is 2. The number of H-pyrrole nitrogens is 1. The maximum Gasteiger partial charge on any atom is 0.247 e. The van der Waals surface area contributed by atoms with Crippen LogP contribution in [0.5, 0.6) is 0 Å². The average Bonchev–Trinajstić information content (AvgIpc) is 3.32. The number of anilines is 1. The Kier molecular flexibility index (Phi) is 4.52. The Bertz CT molecular complexity index is 1170. The van der Waals surface area contributed by atoms with Gasteiger partial charge in [0.25, 0.3) is 0 Å². The molecule has 0 fully saturated rings. The van der Waals surface area contributed by atoms with Gasteiger partial charge >= 0.3 is 0 Å². The molecule has 9 heteroatoms. The lowest BCUT2D eigenvalue weighted by Crippen LogP contribution is -2.20. The molecule has 0 unspecified atom stereocenters. The fourth-order valence-corrected chi connectivity index (χ4v) is 3.88. The number of fused-ring (bicyclic) bond motifs is 1. The first-order valence-electron chi connectivity index (χ1n) is 8.68. The molecular weight excluding hydrogens is 376 g/mol. The summed E-state index contributed by atoms with van der Waals surface area (Å²) in [6.45, 7) is 5.06. The Morgan fingerprint density at radius 1 is 1.21 bits per heavy atom. The molecule has 1 amide bonds. The molecule has 0 atom stereocenters. The van der Waals surface area contributed by atoms with Gasteiger partial charge in [0.15, 0.2) is 16.7 Å². The average molecular weight is 394 g/mol. The third kappa shape index (κ3) is 3.31. The molecule has 0 bridgehead atoms. The quantitative estimate of drug-likeness (QED) is 0.505. The van der Waals surface area contributed by atoms with Crippen molar-refractivity contribution >= 4 is 39.2 Å². The number of aromatic amines is 1. The molecule has 0 radical (unpaired) electrons. The van der Waals surface area contributed by atoms with Crippen LogP contribution in [0.25, 0.3) is 22.6 Å². The van der Waals surface area contributed by atoms with Gasteiger partial charge in [-0.15, -0.1) is 11.3 Å². The van der Waals surface area contributed by atoms with E-state index in [0.29, 0.717) is 33.6 Å². The zero-order chi connectivity index (χ0) is 19.8. The van der Waals surface area contributed by atoms with E-state index in [-0.39, 0.29) is 18.2 Å². The van der Waals surface area contributed by atoms with Crippen LogP contribution in [-0.4, -0.2) is 36.4 Å². The van der Waals surface area contributed by atoms with Crippen LogP contribution >= 0.6 is 11.3 Å². The number of benzene rings is 1. The molecule has 4 aromatic rings. The van der Waals surface area contributed by atoms with Gasteiger partial charge in [-0.3, -0.25) is 14.3 Å². The van der Waals surface area contributed by atoms with E-state index in [4.69, 9.17) is 0 Å². The van der Waals surface area contributed by atoms with Crippen molar-refractivity contribution in [2.75, 3.05) is 5.32 Å². The molecule has 2 N–H and O–H groups in total. The summed E-state index contributed by atoms with van der Waals surface area (Å²) in [5.41, 5.74) is 4.33. The molecule has 8 nitrogen and oxygen atoms in total. The zero-order valence-corrected chi connectivity index (χ0v) is 16.4. The highest BCUT2D eigenvalue weighted by Gasteiger charge is 2.17. The lowest BCUT2D eigenvalue weighted by atomic mass is 10.1. The number of amides is 1. The summed E-state index contributed by atoms with van der Waals surface area (Å²) in [5, 5.41) is 9.39. The first-order chi connectivity index (χ1) is 13.4. The predicted molar refractivity (Wildman–Crippen MR) is 108 cm³/mol. The van der Waals surface area contributed by atoms with Gasteiger partial charge in [0.05, 0.1) is 22.3 Å². The Labute approximate surface area is 164 Å². The van der Waals surface area contributed by atoms with Gasteiger partial charge in [0.1, 0.15) is 12.2 Å². The number of rotatable bonds is 5. The van der Waals surface area contributed by atoms with E-state index in [9.17, 15) is 9.59 Å². The largest absolute Gasteiger partial charge is 0.337 e. The molecule has 4 rings (SSSR count). The van der Waals surface area contributed by atoms with E-state index in [1.165, 1.54) is 22.9 Å². The van der Waals surface area contributed by atoms with Crippen molar-refractivity contribution in [2.24, 2.45) is 0 Å². The molecule has 28 heavy (non-hydrogen) atoms. The van der Waals surface area contributed by atoms with E-state index in [2.05, 4.69) is 25.4 Å². The standard InChI is InChI=1S/C19H18N6O2S/c1-10-17(12(3)26)11(2)25(24-10)8-16(27)23-19-22-15(9-28-19)18-20-13-6-4-5-7-14(13)21-18/h4-7,9H,8H2,1-3H3,(H,20,21)(H,22,23,27). The number of nitrogens with zero attached hydrogens (tertiary/aromatic N) is 4. The Balaban J connectivity index is 1.49. The molecule has 0 spiro atoms. The van der Waals surface area contributed by atoms with Crippen molar-refractivity contribution in [1.29, 1.82) is 0 Å². The second-order valence-corrected chi connectivity index (χ2v) is 7.31. The van der Waals surface area contributed by atoms with E-state index < -0.39 is 0 Å². The number of thiazole rings is 1. The normalized spacial score (nSPS) is 11.1. The van der Waals surface area contributed by atoms with Crippen molar-refractivity contribution in [1.82, 2.24) is 24.7 Å². The summed E-state index contributed by atoms with van der Waals surface area (Å²) in [4.78, 5) is 36.3. The van der Waals surface area contributed by atoms with Crippen molar-refractivity contribution in [3.05, 3.63) is 46.6 Å². The van der Waals surface area contributed by atoms with E-state index >= 15 is 0 Å². The second-order valence-electron chi connectivity index (χ2n) is 6.45. The van der Waals surface area contributed by atoms with E-state index in [1.807, 2.05) is 29.6 Å². The molecule has 1 aromatic carbocycles. The molecule has 0 saturated heterocycles. The van der Waals surface area contributed by atoms with Gasteiger partial charge in [-0.05, 0) is 32.9 Å². The zero-order valence-electron chi connectivity index (χ0n) is 15.6. The van der Waals surface area contributed by atoms with Crippen molar-refractivity contribution in [3.63, 3.8) is 0 Å². The highest BCUT2D eigenvalue weighted by atomic mass is 32.1. The van der Waals surface area contributed by atoms with Crippen LogP contribution in [0.2, 0.25) is 0 Å². The van der Waals surface area contributed by atoms with Gasteiger partial charge in [0, 0.05) is 11.1 Å². The molecule has 0 aliphatic rings. The molecule has 0 saturated carbocycles. The Morgan fingerprint density at radius 3 is 2.71 bits per heavy atom. The summed E-state index contributed by atoms with van der Waals surface area (Å²) in [6, 6.07) is 7.74. The van der Waals surface area contributed by atoms with Crippen LogP contribution in [0.15, 0.2) is 29.6 Å². The van der Waals surface area contributed by atoms with Crippen molar-refractivity contribution in [3.8, 4) is 11.5 Å². The fraction of sp³-hybridized carbons (Fsp3) is 0.211. The summed E-state index contributed by atoms with van der Waals surface area (Å²) in [7, 11) is 0. The summed E-state index contributed by atoms with van der Waals surface area (Å²) < 4.78 is 1.54. The van der Waals surface area contributed by atoms with Gasteiger partial charge in [-0.25, -0.2) is 9.97 Å². The van der Waals surface area contributed by atoms with Gasteiger partial charge in [-0.2, -0.15) is 5.10 Å². The number of ketones is 1. The molecule has 142 valence electrons. The number of para-hydroxylation sites is 2. The van der Waals surface area contributed by atoms with Crippen LogP contribution in [0.3, 0.4) is 0 Å². The number of carbonyl (C=O) groups is 2. The SMILES string of the molecule is CC(=O)c1c(C)nn(CC(=O)Nc2nc(-c3nc4ccccc4[nH]3)cs2)c1C. The van der Waals surface area contributed by atoms with Crippen LogP contribution in [0.1, 0.15) is 28.7 Å². The highest BCUT2D eigenvalue weighted by Crippen LogP contribution is 2.25. The van der Waals surface area contributed by atoms with Crippen LogP contribution in [0, 0.1) is 13.8 Å². The number of aromatic nitrogens is 5. The molecule has 0 aliphatic heterocycles. The van der Waals surface area contributed by atoms with Gasteiger partial charge in [0.2, 0.25) is 5.91 Å². The topological polar surface area (TPSA) is 106 Å². The van der Waals surface area contributed by atoms with Gasteiger partial charge in [-0.1, -0.05) is 12.1 Å². The number of hydrogen-bond donors (Lipinski definition) is 2. The Morgan fingerprint density at radius 2 is 2.00 bits per heavy atom. The number of aryl methyl sites for hydroxylation is 1. The molecular formula is C19H18N6O2S. The minimum absolute atomic E-state index is 0.0134. The summed E-state index contributed by atoms with van der Waals surface area (Å²) in [6.07, 6.45) is 0. The third-order valence-corrected chi connectivity index (χ3v) is 5.17. The van der Waals surface area contributed by atoms with Gasteiger partial charge < -0.3 is 10.3 Å². The van der Waals surface area contributed by atoms with Crippen LogP contribution in [0.4, 0.5) is 5.13 Å². The minimum Gasteiger partial charge on any atom is -0.337 e. The van der Waals surface area contributed by atoms with E-state index in [1.54, 1.807) is 13.8 Å². The van der Waals surface area contributed by atoms with E-state index in [0.717, 1.165) is 11.0 Å².